The first kappa shape index (κ1) is 31.9. The molecule has 0 unspecified atom stereocenters. The molecular weight excluding hydrogens is 587 g/mol. The number of pyridine rings is 2. The Hall–Kier alpha value is -5.02. The van der Waals surface area contributed by atoms with Crippen LogP contribution in [-0.4, -0.2) is 57.2 Å². The number of hydrogen-bond acceptors (Lipinski definition) is 6. The molecular formula is C38H43FN8. The normalized spacial score (nSPS) is 14.7. The SMILES string of the molecule is C=C/C(=C\C(=C/C)c1ccc2[nH]nc(-c3cc4c(-c5cc(F)cc(NCCN(C)C)c5)cncc4[nH]3)c2n1)NC(=C)C1CCCCC1. The predicted molar refractivity (Wildman–Crippen MR) is 192 cm³/mol. The van der Waals surface area contributed by atoms with Crippen molar-refractivity contribution < 1.29 is 4.39 Å². The summed E-state index contributed by atoms with van der Waals surface area (Å²) >= 11 is 0. The van der Waals surface area contributed by atoms with Crippen LogP contribution in [0.1, 0.15) is 44.7 Å². The van der Waals surface area contributed by atoms with Crippen molar-refractivity contribution in [1.29, 1.82) is 0 Å². The molecule has 4 N–H and O–H groups in total. The van der Waals surface area contributed by atoms with E-state index in [9.17, 15) is 4.39 Å². The lowest BCUT2D eigenvalue weighted by molar-refractivity contribution is 0.393. The van der Waals surface area contributed by atoms with E-state index in [2.05, 4.69) is 54.9 Å². The van der Waals surface area contributed by atoms with Crippen molar-refractivity contribution in [1.82, 2.24) is 35.4 Å². The molecule has 1 aliphatic rings. The largest absolute Gasteiger partial charge is 0.384 e. The number of nitrogens with one attached hydrogen (secondary N) is 4. The van der Waals surface area contributed by atoms with E-state index in [-0.39, 0.29) is 5.82 Å². The number of hydrogen-bond donors (Lipinski definition) is 4. The van der Waals surface area contributed by atoms with Crippen LogP contribution in [0, 0.1) is 11.7 Å². The quantitative estimate of drug-likeness (QED) is 0.103. The van der Waals surface area contributed by atoms with Crippen molar-refractivity contribution in [2.24, 2.45) is 5.92 Å². The van der Waals surface area contributed by atoms with Crippen LogP contribution in [0.3, 0.4) is 0 Å². The fraction of sp³-hybridized carbons (Fsp3) is 0.289. The third-order valence-electron chi connectivity index (χ3n) is 8.85. The highest BCUT2D eigenvalue weighted by Crippen LogP contribution is 2.35. The molecule has 0 bridgehead atoms. The molecule has 9 heteroatoms. The van der Waals surface area contributed by atoms with E-state index >= 15 is 0 Å². The Bertz CT molecular complexity index is 1970. The zero-order chi connectivity index (χ0) is 32.9. The maximum atomic E-state index is 14.8. The number of fused-ring (bicyclic) bond motifs is 2. The standard InChI is InChI=1S/C38H43FN8/c1-6-25(18-29(7-2)42-24(3)26-11-9-8-10-12-26)33-13-14-34-37(44-33)38(46-45-34)35-21-31-32(22-40-23-36(31)43-35)27-17-28(39)20-30(19-27)41-15-16-47(4)5/h6-7,13-14,17-23,26,41-43H,2-3,8-12,15-16H2,1,4-5H3,(H,45,46)/b25-6+,29-18+. The number of allylic oxidation sites excluding steroid dienone is 5. The van der Waals surface area contributed by atoms with Gasteiger partial charge in [0.05, 0.1) is 28.6 Å². The first-order valence-electron chi connectivity index (χ1n) is 16.3. The zero-order valence-electron chi connectivity index (χ0n) is 27.5. The number of aromatic amines is 2. The number of anilines is 1. The summed E-state index contributed by atoms with van der Waals surface area (Å²) in [5, 5.41) is 15.5. The maximum Gasteiger partial charge on any atom is 0.135 e. The molecule has 4 heterocycles. The molecule has 4 aromatic heterocycles. The summed E-state index contributed by atoms with van der Waals surface area (Å²) in [7, 11) is 4.02. The van der Waals surface area contributed by atoms with E-state index in [1.54, 1.807) is 18.5 Å². The maximum absolute atomic E-state index is 14.8. The molecule has 5 aromatic rings. The molecule has 0 spiro atoms. The number of H-pyrrole nitrogens is 2. The Morgan fingerprint density at radius 2 is 1.91 bits per heavy atom. The van der Waals surface area contributed by atoms with Crippen LogP contribution in [0.2, 0.25) is 0 Å². The molecule has 1 aliphatic carbocycles. The van der Waals surface area contributed by atoms with Gasteiger partial charge >= 0.3 is 0 Å². The Kier molecular flexibility index (Phi) is 9.63. The minimum Gasteiger partial charge on any atom is -0.384 e. The molecule has 47 heavy (non-hydrogen) atoms. The van der Waals surface area contributed by atoms with Gasteiger partial charge in [-0.15, -0.1) is 0 Å². The smallest absolute Gasteiger partial charge is 0.135 e. The number of nitrogens with zero attached hydrogens (tertiary/aromatic N) is 4. The molecule has 242 valence electrons. The van der Waals surface area contributed by atoms with Crippen molar-refractivity contribution in [2.75, 3.05) is 32.5 Å². The van der Waals surface area contributed by atoms with Crippen LogP contribution >= 0.6 is 0 Å². The highest BCUT2D eigenvalue weighted by atomic mass is 19.1. The van der Waals surface area contributed by atoms with Gasteiger partial charge in [-0.05, 0) is 99.5 Å². The molecule has 1 saturated carbocycles. The van der Waals surface area contributed by atoms with Gasteiger partial charge in [0.25, 0.3) is 0 Å². The van der Waals surface area contributed by atoms with Crippen molar-refractivity contribution in [3.05, 3.63) is 103 Å². The average molecular weight is 631 g/mol. The van der Waals surface area contributed by atoms with Gasteiger partial charge in [-0.2, -0.15) is 5.10 Å². The number of likely N-dealkylation sites (N-methyl/N-ethyl adjacent to an activating group) is 1. The molecule has 0 aliphatic heterocycles. The third-order valence-corrected chi connectivity index (χ3v) is 8.85. The number of aromatic nitrogens is 5. The van der Waals surface area contributed by atoms with E-state index in [0.717, 1.165) is 73.7 Å². The Morgan fingerprint density at radius 1 is 1.09 bits per heavy atom. The molecule has 8 nitrogen and oxygen atoms in total. The van der Waals surface area contributed by atoms with Gasteiger partial charge in [-0.25, -0.2) is 9.37 Å². The lowest BCUT2D eigenvalue weighted by Crippen LogP contribution is -2.20. The predicted octanol–water partition coefficient (Wildman–Crippen LogP) is 8.44. The average Bonchev–Trinajstić information content (AvgIpc) is 3.70. The Morgan fingerprint density at radius 3 is 2.68 bits per heavy atom. The third kappa shape index (κ3) is 7.20. The highest BCUT2D eigenvalue weighted by Gasteiger charge is 2.18. The summed E-state index contributed by atoms with van der Waals surface area (Å²) in [5.41, 5.74) is 9.91. The molecule has 1 fully saturated rings. The van der Waals surface area contributed by atoms with Gasteiger partial charge in [-0.3, -0.25) is 10.1 Å². The summed E-state index contributed by atoms with van der Waals surface area (Å²) < 4.78 is 14.8. The highest BCUT2D eigenvalue weighted by molar-refractivity contribution is 6.00. The molecule has 0 radical (unpaired) electrons. The van der Waals surface area contributed by atoms with E-state index in [4.69, 9.17) is 4.98 Å². The van der Waals surface area contributed by atoms with Crippen LogP contribution in [0.5, 0.6) is 0 Å². The van der Waals surface area contributed by atoms with Crippen LogP contribution in [0.4, 0.5) is 10.1 Å². The Balaban J connectivity index is 1.31. The van der Waals surface area contributed by atoms with Gasteiger partial charge in [0.2, 0.25) is 0 Å². The summed E-state index contributed by atoms with van der Waals surface area (Å²) in [6.45, 7) is 11.9. The second-order valence-electron chi connectivity index (χ2n) is 12.5. The Labute approximate surface area is 275 Å². The number of rotatable bonds is 12. The lowest BCUT2D eigenvalue weighted by Gasteiger charge is -2.25. The van der Waals surface area contributed by atoms with Crippen molar-refractivity contribution in [3.8, 4) is 22.5 Å². The van der Waals surface area contributed by atoms with Gasteiger partial charge < -0.3 is 20.5 Å². The fourth-order valence-corrected chi connectivity index (χ4v) is 6.28. The van der Waals surface area contributed by atoms with Gasteiger partial charge in [0, 0.05) is 47.3 Å². The molecule has 0 saturated heterocycles. The van der Waals surface area contributed by atoms with E-state index in [1.165, 1.54) is 38.2 Å². The van der Waals surface area contributed by atoms with Gasteiger partial charge in [0.15, 0.2) is 0 Å². The summed E-state index contributed by atoms with van der Waals surface area (Å²) in [5.74, 6) is 0.184. The van der Waals surface area contributed by atoms with Crippen LogP contribution < -0.4 is 10.6 Å². The number of halogens is 1. The van der Waals surface area contributed by atoms with Crippen LogP contribution in [0.25, 0.3) is 50.0 Å². The lowest BCUT2D eigenvalue weighted by atomic mass is 9.87. The molecule has 0 atom stereocenters. The van der Waals surface area contributed by atoms with Crippen molar-refractivity contribution in [2.45, 2.75) is 39.0 Å². The van der Waals surface area contributed by atoms with Gasteiger partial charge in [-0.1, -0.05) is 38.5 Å². The summed E-state index contributed by atoms with van der Waals surface area (Å²) in [6, 6.07) is 11.1. The van der Waals surface area contributed by atoms with Crippen molar-refractivity contribution >= 4 is 33.2 Å². The molecule has 1 aromatic carbocycles. The minimum atomic E-state index is -0.306. The van der Waals surface area contributed by atoms with E-state index in [1.807, 2.05) is 57.4 Å². The van der Waals surface area contributed by atoms with Crippen LogP contribution in [-0.2, 0) is 0 Å². The zero-order valence-corrected chi connectivity index (χ0v) is 27.5. The fourth-order valence-electron chi connectivity index (χ4n) is 6.28. The minimum absolute atomic E-state index is 0.306. The van der Waals surface area contributed by atoms with Crippen LogP contribution in [0.15, 0.2) is 91.6 Å². The topological polar surface area (TPSA) is 97.5 Å². The first-order valence-corrected chi connectivity index (χ1v) is 16.3. The van der Waals surface area contributed by atoms with E-state index < -0.39 is 0 Å². The molecule has 0 amide bonds. The second kappa shape index (κ2) is 14.2. The van der Waals surface area contributed by atoms with Gasteiger partial charge in [0.1, 0.15) is 17.0 Å². The van der Waals surface area contributed by atoms with E-state index in [0.29, 0.717) is 18.2 Å². The first-order chi connectivity index (χ1) is 22.8. The second-order valence-corrected chi connectivity index (χ2v) is 12.5. The monoisotopic (exact) mass is 630 g/mol. The number of benzene rings is 1. The molecule has 6 rings (SSSR count). The summed E-state index contributed by atoms with van der Waals surface area (Å²) in [6.07, 6.45) is 15.7. The summed E-state index contributed by atoms with van der Waals surface area (Å²) in [4.78, 5) is 15.1. The van der Waals surface area contributed by atoms with Crippen molar-refractivity contribution in [3.63, 3.8) is 0 Å².